The minimum absolute atomic E-state index is 0.433. The van der Waals surface area contributed by atoms with Crippen LogP contribution in [0.25, 0.3) is 21.3 Å². The summed E-state index contributed by atoms with van der Waals surface area (Å²) in [5, 5.41) is 5.21. The van der Waals surface area contributed by atoms with Crippen molar-refractivity contribution in [3.63, 3.8) is 0 Å². The fourth-order valence-electron chi connectivity index (χ4n) is 4.05. The van der Waals surface area contributed by atoms with E-state index in [0.29, 0.717) is 17.5 Å². The van der Waals surface area contributed by atoms with Crippen molar-refractivity contribution in [1.82, 2.24) is 24.8 Å². The topological polar surface area (TPSA) is 116 Å². The highest BCUT2D eigenvalue weighted by Crippen LogP contribution is 2.34. The molecule has 4 aromatic rings. The van der Waals surface area contributed by atoms with Gasteiger partial charge in [0.1, 0.15) is 18.0 Å². The molecule has 5 rings (SSSR count). The number of nitrogens with one attached hydrogen (secondary N) is 2. The molecule has 0 radical (unpaired) electrons. The normalized spacial score (nSPS) is 14.9. The van der Waals surface area contributed by atoms with E-state index >= 15 is 0 Å². The number of anilines is 4. The summed E-state index contributed by atoms with van der Waals surface area (Å²) in [6.07, 6.45) is 4.47. The van der Waals surface area contributed by atoms with Gasteiger partial charge in [-0.1, -0.05) is 19.1 Å². The number of fused-ring (bicyclic) bond motifs is 1. The highest BCUT2D eigenvalue weighted by molar-refractivity contribution is 7.92. The molecule has 0 atom stereocenters. The number of hydrogen-bond donors (Lipinski definition) is 2. The van der Waals surface area contributed by atoms with Crippen LogP contribution in [0.5, 0.6) is 0 Å². The van der Waals surface area contributed by atoms with Crippen LogP contribution in [0.3, 0.4) is 0 Å². The van der Waals surface area contributed by atoms with E-state index in [4.69, 9.17) is 4.98 Å². The maximum Gasteiger partial charge on any atom is 0.229 e. The van der Waals surface area contributed by atoms with Gasteiger partial charge in [-0.05, 0) is 24.2 Å². The molecule has 0 spiro atoms. The van der Waals surface area contributed by atoms with Crippen LogP contribution < -0.4 is 14.9 Å². The predicted octanol–water partition coefficient (Wildman–Crippen LogP) is 3.41. The Kier molecular flexibility index (Phi) is 6.50. The van der Waals surface area contributed by atoms with Crippen molar-refractivity contribution in [1.29, 1.82) is 0 Å². The van der Waals surface area contributed by atoms with Crippen LogP contribution >= 0.6 is 11.3 Å². The van der Waals surface area contributed by atoms with Crippen molar-refractivity contribution in [2.45, 2.75) is 6.92 Å². The Hall–Kier alpha value is -3.35. The largest absolute Gasteiger partial charge is 0.354 e. The van der Waals surface area contributed by atoms with Crippen LogP contribution in [-0.2, 0) is 10.0 Å². The van der Waals surface area contributed by atoms with Crippen molar-refractivity contribution < 1.29 is 8.42 Å². The van der Waals surface area contributed by atoms with E-state index < -0.39 is 10.0 Å². The van der Waals surface area contributed by atoms with Gasteiger partial charge in [0.25, 0.3) is 0 Å². The van der Waals surface area contributed by atoms with Crippen LogP contribution in [0.15, 0.2) is 48.2 Å². The molecule has 0 amide bonds. The first-order chi connectivity index (χ1) is 16.9. The number of likely N-dealkylation sites (N-methyl/N-ethyl adjacent to an activating group) is 1. The van der Waals surface area contributed by atoms with Gasteiger partial charge < -0.3 is 15.1 Å². The van der Waals surface area contributed by atoms with Gasteiger partial charge in [0.05, 0.1) is 22.7 Å². The minimum atomic E-state index is -3.36. The molecule has 35 heavy (non-hydrogen) atoms. The first-order valence-corrected chi connectivity index (χ1v) is 14.0. The number of hydrogen-bond acceptors (Lipinski definition) is 10. The lowest BCUT2D eigenvalue weighted by atomic mass is 10.1. The van der Waals surface area contributed by atoms with Crippen molar-refractivity contribution >= 4 is 54.8 Å². The molecular weight excluding hydrogens is 484 g/mol. The smallest absolute Gasteiger partial charge is 0.229 e. The van der Waals surface area contributed by atoms with E-state index in [0.717, 1.165) is 66.1 Å². The Morgan fingerprint density at radius 3 is 2.69 bits per heavy atom. The molecule has 1 aliphatic heterocycles. The lowest BCUT2D eigenvalue weighted by molar-refractivity contribution is 0.270. The van der Waals surface area contributed by atoms with Gasteiger partial charge in [-0.3, -0.25) is 4.72 Å². The molecule has 4 heterocycles. The zero-order chi connectivity index (χ0) is 24.4. The summed E-state index contributed by atoms with van der Waals surface area (Å²) >= 11 is 1.54. The highest BCUT2D eigenvalue weighted by Gasteiger charge is 2.18. The Morgan fingerprint density at radius 1 is 1.09 bits per heavy atom. The van der Waals surface area contributed by atoms with E-state index in [9.17, 15) is 8.42 Å². The Morgan fingerprint density at radius 2 is 1.91 bits per heavy atom. The number of nitrogens with zero attached hydrogens (tertiary/aromatic N) is 6. The van der Waals surface area contributed by atoms with Gasteiger partial charge in [0, 0.05) is 48.9 Å². The van der Waals surface area contributed by atoms with E-state index in [1.165, 1.54) is 11.3 Å². The second-order valence-electron chi connectivity index (χ2n) is 8.32. The summed E-state index contributed by atoms with van der Waals surface area (Å²) in [5.74, 6) is 1.94. The summed E-state index contributed by atoms with van der Waals surface area (Å²) < 4.78 is 26.7. The molecule has 1 saturated heterocycles. The molecule has 1 fully saturated rings. The molecule has 12 heteroatoms. The SMILES string of the molecule is CCN1CCN(c2cc(Nc3ncc4scc(-c5cccc(NS(C)(=O)=O)c5)c4n3)ncn2)CC1. The number of aromatic nitrogens is 4. The van der Waals surface area contributed by atoms with Gasteiger partial charge in [0.2, 0.25) is 16.0 Å². The summed E-state index contributed by atoms with van der Waals surface area (Å²) in [6, 6.07) is 9.18. The average Bonchev–Trinajstić information content (AvgIpc) is 3.27. The van der Waals surface area contributed by atoms with Crippen molar-refractivity contribution in [2.75, 3.05) is 53.9 Å². The molecule has 182 valence electrons. The van der Waals surface area contributed by atoms with Crippen LogP contribution in [0.1, 0.15) is 6.92 Å². The lowest BCUT2D eigenvalue weighted by Gasteiger charge is -2.34. The number of thiophene rings is 1. The molecule has 1 aliphatic rings. The van der Waals surface area contributed by atoms with Crippen LogP contribution in [0, 0.1) is 0 Å². The third kappa shape index (κ3) is 5.50. The maximum atomic E-state index is 11.6. The third-order valence-corrected chi connectivity index (χ3v) is 7.34. The summed E-state index contributed by atoms with van der Waals surface area (Å²) in [5.41, 5.74) is 3.06. The molecule has 1 aromatic carbocycles. The maximum absolute atomic E-state index is 11.6. The predicted molar refractivity (Wildman–Crippen MR) is 141 cm³/mol. The Balaban J connectivity index is 1.39. The quantitative estimate of drug-likeness (QED) is 0.386. The van der Waals surface area contributed by atoms with Crippen LogP contribution in [-0.4, -0.2) is 72.2 Å². The number of rotatable bonds is 7. The van der Waals surface area contributed by atoms with Gasteiger partial charge >= 0.3 is 0 Å². The van der Waals surface area contributed by atoms with E-state index in [2.05, 4.69) is 41.7 Å². The zero-order valence-electron chi connectivity index (χ0n) is 19.5. The second-order valence-corrected chi connectivity index (χ2v) is 11.0. The van der Waals surface area contributed by atoms with E-state index in [1.54, 1.807) is 24.7 Å². The number of benzene rings is 1. The van der Waals surface area contributed by atoms with E-state index in [1.807, 2.05) is 23.6 Å². The monoisotopic (exact) mass is 510 g/mol. The van der Waals surface area contributed by atoms with E-state index in [-0.39, 0.29) is 0 Å². The highest BCUT2D eigenvalue weighted by atomic mass is 32.2. The van der Waals surface area contributed by atoms with Crippen LogP contribution in [0.2, 0.25) is 0 Å². The van der Waals surface area contributed by atoms with Gasteiger partial charge in [0.15, 0.2) is 0 Å². The second kappa shape index (κ2) is 9.72. The van der Waals surface area contributed by atoms with Crippen molar-refractivity contribution in [3.05, 3.63) is 48.2 Å². The molecule has 3 aromatic heterocycles. The third-order valence-electron chi connectivity index (χ3n) is 5.83. The number of piperazine rings is 1. The standard InChI is InChI=1S/C23H26N8O2S2/c1-3-30-7-9-31(10-8-30)21-12-20(25-15-26-21)27-23-24-13-19-22(28-23)18(14-34-19)16-5-4-6-17(11-16)29-35(2,32)33/h4-6,11-15,29H,3,7-10H2,1-2H3,(H,24,25,26,27,28). The zero-order valence-corrected chi connectivity index (χ0v) is 21.1. The molecule has 0 saturated carbocycles. The van der Waals surface area contributed by atoms with Crippen LogP contribution in [0.4, 0.5) is 23.3 Å². The van der Waals surface area contributed by atoms with Crippen molar-refractivity contribution in [3.8, 4) is 11.1 Å². The summed E-state index contributed by atoms with van der Waals surface area (Å²) in [4.78, 5) is 22.7. The molecule has 0 bridgehead atoms. The molecule has 10 nitrogen and oxygen atoms in total. The first kappa shape index (κ1) is 23.4. The summed E-state index contributed by atoms with van der Waals surface area (Å²) in [7, 11) is -3.36. The molecule has 0 aliphatic carbocycles. The molecular formula is C23H26N8O2S2. The van der Waals surface area contributed by atoms with Gasteiger partial charge in [-0.15, -0.1) is 11.3 Å². The molecule has 0 unspecified atom stereocenters. The lowest BCUT2D eigenvalue weighted by Crippen LogP contribution is -2.46. The summed E-state index contributed by atoms with van der Waals surface area (Å²) in [6.45, 7) is 7.14. The number of sulfonamides is 1. The van der Waals surface area contributed by atoms with Gasteiger partial charge in [-0.2, -0.15) is 0 Å². The minimum Gasteiger partial charge on any atom is -0.354 e. The Labute approximate surface area is 208 Å². The van der Waals surface area contributed by atoms with Crippen molar-refractivity contribution in [2.24, 2.45) is 0 Å². The fraction of sp³-hybridized carbons (Fsp3) is 0.304. The Bertz CT molecular complexity index is 1450. The first-order valence-electron chi connectivity index (χ1n) is 11.3. The fourth-order valence-corrected chi connectivity index (χ4v) is 5.48. The average molecular weight is 511 g/mol. The molecule has 2 N–H and O–H groups in total. The van der Waals surface area contributed by atoms with Gasteiger partial charge in [-0.25, -0.2) is 28.4 Å².